The van der Waals surface area contributed by atoms with E-state index in [0.29, 0.717) is 11.4 Å². The summed E-state index contributed by atoms with van der Waals surface area (Å²) in [5.74, 6) is -0.526. The molecule has 2 atom stereocenters. The normalized spacial score (nSPS) is 14.0. The molecule has 1 amide bonds. The number of azo groups is 1. The van der Waals surface area contributed by atoms with E-state index in [2.05, 4.69) is 20.1 Å². The Hall–Kier alpha value is -2.42. The van der Waals surface area contributed by atoms with Crippen LogP contribution in [0.15, 0.2) is 58.8 Å². The zero-order valence-corrected chi connectivity index (χ0v) is 16.3. The number of nitrogens with zero attached hydrogens (tertiary/aromatic N) is 2. The van der Waals surface area contributed by atoms with Crippen LogP contribution in [0.1, 0.15) is 22.8 Å². The molecule has 0 saturated heterocycles. The number of benzene rings is 2. The number of hydrogen-bond acceptors (Lipinski definition) is 6. The summed E-state index contributed by atoms with van der Waals surface area (Å²) < 4.78 is 15.4. The highest BCUT2D eigenvalue weighted by atomic mass is 31.2. The number of phosphoric ester groups is 1. The van der Waals surface area contributed by atoms with Crippen LogP contribution in [0, 0.1) is 6.92 Å². The van der Waals surface area contributed by atoms with Crippen LogP contribution < -0.4 is 5.32 Å². The fourth-order valence-corrected chi connectivity index (χ4v) is 2.92. The number of hydrogen-bond donors (Lipinski definition) is 4. The number of carbonyl (C=O) groups excluding carboxylic acids is 1. The van der Waals surface area contributed by atoms with Gasteiger partial charge >= 0.3 is 7.82 Å². The van der Waals surface area contributed by atoms with Gasteiger partial charge in [-0.1, -0.05) is 12.1 Å². The summed E-state index contributed by atoms with van der Waals surface area (Å²) in [6.45, 7) is 2.75. The van der Waals surface area contributed by atoms with Gasteiger partial charge in [0.1, 0.15) is 0 Å². The summed E-state index contributed by atoms with van der Waals surface area (Å²) in [6, 6.07) is 12.8. The van der Waals surface area contributed by atoms with E-state index in [1.54, 1.807) is 12.1 Å². The summed E-state index contributed by atoms with van der Waals surface area (Å²) in [6.07, 6.45) is -1.09. The molecule has 0 unspecified atom stereocenters. The molecule has 0 aliphatic heterocycles. The zero-order valence-electron chi connectivity index (χ0n) is 15.4. The van der Waals surface area contributed by atoms with Gasteiger partial charge in [0.15, 0.2) is 0 Å². The van der Waals surface area contributed by atoms with Gasteiger partial charge in [-0.2, -0.15) is 10.2 Å². The average molecular weight is 407 g/mol. The lowest BCUT2D eigenvalue weighted by molar-refractivity contribution is 0.0710. The molecule has 2 aromatic carbocycles. The van der Waals surface area contributed by atoms with Gasteiger partial charge in [0.25, 0.3) is 5.91 Å². The molecule has 0 saturated carbocycles. The lowest BCUT2D eigenvalue weighted by atomic mass is 10.1. The number of nitrogens with one attached hydrogen (secondary N) is 1. The first kappa shape index (κ1) is 21.9. The van der Waals surface area contributed by atoms with Gasteiger partial charge in [0, 0.05) is 5.56 Å². The van der Waals surface area contributed by atoms with E-state index in [-0.39, 0.29) is 5.56 Å². The van der Waals surface area contributed by atoms with E-state index in [0.717, 1.165) is 5.56 Å². The fraction of sp³-hybridized carbons (Fsp3) is 0.278. The van der Waals surface area contributed by atoms with Gasteiger partial charge in [-0.15, -0.1) is 0 Å². The van der Waals surface area contributed by atoms with Crippen molar-refractivity contribution in [2.75, 3.05) is 6.61 Å². The molecule has 4 N–H and O–H groups in total. The number of aliphatic hydroxyl groups excluding tert-OH is 1. The van der Waals surface area contributed by atoms with Crippen LogP contribution in [0.3, 0.4) is 0 Å². The minimum Gasteiger partial charge on any atom is -0.394 e. The molecule has 0 radical (unpaired) electrons. The third-order valence-corrected chi connectivity index (χ3v) is 4.40. The number of aryl methyl sites for hydroxylation is 1. The smallest absolute Gasteiger partial charge is 0.394 e. The quantitative estimate of drug-likeness (QED) is 0.392. The van der Waals surface area contributed by atoms with Crippen molar-refractivity contribution in [3.05, 3.63) is 59.7 Å². The van der Waals surface area contributed by atoms with Crippen molar-refractivity contribution in [3.8, 4) is 0 Å². The van der Waals surface area contributed by atoms with Crippen molar-refractivity contribution in [1.82, 2.24) is 5.32 Å². The standard InChI is InChI=1S/C18H22N3O6P/c1-12-4-3-5-16(10-12)21-20-15-8-6-14(7-9-15)18(23)19-17(11-22)13(2)27-28(24,25)26/h3-10,13,17,22H,11H2,1-2H3,(H,19,23)(H2,24,25,26)/t13-,17-/m1/s1. The molecule has 0 spiro atoms. The Balaban J connectivity index is 2.01. The number of aliphatic hydroxyl groups is 1. The van der Waals surface area contributed by atoms with Gasteiger partial charge in [0.2, 0.25) is 0 Å². The van der Waals surface area contributed by atoms with Crippen molar-refractivity contribution in [2.24, 2.45) is 10.2 Å². The van der Waals surface area contributed by atoms with E-state index in [1.807, 2.05) is 31.2 Å². The van der Waals surface area contributed by atoms with Crippen LogP contribution in [0.5, 0.6) is 0 Å². The van der Waals surface area contributed by atoms with Crippen LogP contribution in [0.2, 0.25) is 0 Å². The van der Waals surface area contributed by atoms with Gasteiger partial charge in [-0.25, -0.2) is 4.57 Å². The predicted molar refractivity (Wildman–Crippen MR) is 103 cm³/mol. The van der Waals surface area contributed by atoms with Gasteiger partial charge < -0.3 is 20.2 Å². The monoisotopic (exact) mass is 407 g/mol. The lowest BCUT2D eigenvalue weighted by Crippen LogP contribution is -2.45. The lowest BCUT2D eigenvalue weighted by Gasteiger charge is -2.23. The number of amides is 1. The molecular weight excluding hydrogens is 385 g/mol. The minimum absolute atomic E-state index is 0.288. The third-order valence-electron chi connectivity index (χ3n) is 3.80. The zero-order chi connectivity index (χ0) is 20.7. The van der Waals surface area contributed by atoms with Gasteiger partial charge in [-0.05, 0) is 55.8 Å². The molecule has 150 valence electrons. The summed E-state index contributed by atoms with van der Waals surface area (Å²) in [5.41, 5.74) is 2.62. The maximum absolute atomic E-state index is 12.3. The summed E-state index contributed by atoms with van der Waals surface area (Å²) in [5, 5.41) is 20.1. The molecule has 0 aliphatic rings. The van der Waals surface area contributed by atoms with Gasteiger partial charge in [-0.3, -0.25) is 9.32 Å². The van der Waals surface area contributed by atoms with Crippen LogP contribution in [-0.4, -0.2) is 39.6 Å². The SMILES string of the molecule is Cc1cccc(N=Nc2ccc(C(=O)N[C@H](CO)[C@@H](C)OP(=O)(O)O)cc2)c1. The molecule has 0 aromatic heterocycles. The van der Waals surface area contributed by atoms with Crippen molar-refractivity contribution in [1.29, 1.82) is 0 Å². The first-order valence-electron chi connectivity index (χ1n) is 8.42. The number of phosphoric acid groups is 1. The van der Waals surface area contributed by atoms with E-state index in [4.69, 9.17) is 9.79 Å². The molecule has 10 heteroatoms. The largest absolute Gasteiger partial charge is 0.469 e. The maximum Gasteiger partial charge on any atom is 0.469 e. The molecule has 0 fully saturated rings. The predicted octanol–water partition coefficient (Wildman–Crippen LogP) is 3.00. The average Bonchev–Trinajstić information content (AvgIpc) is 2.63. The van der Waals surface area contributed by atoms with Crippen LogP contribution >= 0.6 is 7.82 Å². The van der Waals surface area contributed by atoms with E-state index in [1.165, 1.54) is 19.1 Å². The summed E-state index contributed by atoms with van der Waals surface area (Å²) in [7, 11) is -4.73. The van der Waals surface area contributed by atoms with Crippen molar-refractivity contribution >= 4 is 25.1 Å². The molecule has 0 aliphatic carbocycles. The summed E-state index contributed by atoms with van der Waals surface area (Å²) in [4.78, 5) is 30.0. The highest BCUT2D eigenvalue weighted by Gasteiger charge is 2.27. The Bertz CT molecular complexity index is 881. The van der Waals surface area contributed by atoms with E-state index < -0.39 is 32.5 Å². The molecule has 9 nitrogen and oxygen atoms in total. The molecule has 2 aromatic rings. The van der Waals surface area contributed by atoms with Crippen molar-refractivity contribution < 1.29 is 28.8 Å². The molecular formula is C18H22N3O6P. The summed E-state index contributed by atoms with van der Waals surface area (Å²) >= 11 is 0. The Kier molecular flexibility index (Phi) is 7.56. The minimum atomic E-state index is -4.73. The van der Waals surface area contributed by atoms with Crippen LogP contribution in [0.4, 0.5) is 11.4 Å². The second-order valence-electron chi connectivity index (χ2n) is 6.15. The maximum atomic E-state index is 12.3. The van der Waals surface area contributed by atoms with Crippen molar-refractivity contribution in [2.45, 2.75) is 26.0 Å². The highest BCUT2D eigenvalue weighted by Crippen LogP contribution is 2.38. The van der Waals surface area contributed by atoms with Crippen LogP contribution in [-0.2, 0) is 9.09 Å². The molecule has 0 heterocycles. The molecule has 2 rings (SSSR count). The molecule has 28 heavy (non-hydrogen) atoms. The first-order chi connectivity index (χ1) is 13.2. The van der Waals surface area contributed by atoms with E-state index >= 15 is 0 Å². The fourth-order valence-electron chi connectivity index (χ4n) is 2.34. The Morgan fingerprint density at radius 2 is 1.79 bits per heavy atom. The second kappa shape index (κ2) is 9.68. The van der Waals surface area contributed by atoms with Crippen molar-refractivity contribution in [3.63, 3.8) is 0 Å². The van der Waals surface area contributed by atoms with Crippen LogP contribution in [0.25, 0.3) is 0 Å². The highest BCUT2D eigenvalue weighted by molar-refractivity contribution is 7.46. The number of carbonyl (C=O) groups is 1. The number of rotatable bonds is 8. The third kappa shape index (κ3) is 6.95. The Morgan fingerprint density at radius 1 is 1.14 bits per heavy atom. The Morgan fingerprint density at radius 3 is 2.36 bits per heavy atom. The molecule has 0 bridgehead atoms. The topological polar surface area (TPSA) is 141 Å². The van der Waals surface area contributed by atoms with E-state index in [9.17, 15) is 14.5 Å². The first-order valence-corrected chi connectivity index (χ1v) is 9.95. The Labute approximate surface area is 162 Å². The second-order valence-corrected chi connectivity index (χ2v) is 7.34. The van der Waals surface area contributed by atoms with Gasteiger partial charge in [0.05, 0.1) is 30.1 Å².